The van der Waals surface area contributed by atoms with Crippen LogP contribution in [0.3, 0.4) is 0 Å². The summed E-state index contributed by atoms with van der Waals surface area (Å²) < 4.78 is 26.0. The molecule has 1 aliphatic heterocycles. The number of nitrogens with one attached hydrogen (secondary N) is 3. The highest BCUT2D eigenvalue weighted by atomic mass is 32.1. The summed E-state index contributed by atoms with van der Waals surface area (Å²) in [6.07, 6.45) is 0. The van der Waals surface area contributed by atoms with Crippen LogP contribution in [0.15, 0.2) is 29.7 Å². The van der Waals surface area contributed by atoms with Gasteiger partial charge in [-0.25, -0.2) is 13.6 Å². The minimum absolute atomic E-state index is 0.0539. The summed E-state index contributed by atoms with van der Waals surface area (Å²) in [6.45, 7) is -0.0539. The van der Waals surface area contributed by atoms with Crippen molar-refractivity contribution < 1.29 is 27.8 Å². The molecule has 2 rings (SSSR count). The Labute approximate surface area is 117 Å². The van der Waals surface area contributed by atoms with Gasteiger partial charge in [0.15, 0.2) is 0 Å². The minimum Gasteiger partial charge on any atom is -0.494 e. The molecule has 0 spiro atoms. The lowest BCUT2D eigenvalue weighted by Gasteiger charge is -2.26. The summed E-state index contributed by atoms with van der Waals surface area (Å²) in [5, 5.41) is 13.9. The Morgan fingerprint density at radius 2 is 2.15 bits per heavy atom. The number of anilines is 1. The molecule has 1 aliphatic rings. The normalized spacial score (nSPS) is 18.8. The Kier molecular flexibility index (Phi) is 3.91. The molecule has 1 heterocycles. The molecule has 1 aromatic rings. The van der Waals surface area contributed by atoms with Gasteiger partial charge in [-0.2, -0.15) is 0 Å². The average molecular weight is 301 g/mol. The molecule has 1 aromatic carbocycles. The number of benzene rings is 1. The van der Waals surface area contributed by atoms with E-state index in [0.29, 0.717) is 6.07 Å². The van der Waals surface area contributed by atoms with Crippen LogP contribution in [0.2, 0.25) is 0 Å². The molecule has 0 saturated carbocycles. The number of rotatable bonds is 2. The van der Waals surface area contributed by atoms with Crippen molar-refractivity contribution in [2.45, 2.75) is 0 Å². The highest BCUT2D eigenvalue weighted by molar-refractivity contribution is 7.51. The Balaban J connectivity index is 2.25. The summed E-state index contributed by atoms with van der Waals surface area (Å²) >= 11 is 4.72. The molecule has 0 bridgehead atoms. The standard InChI is InChI=1S/C11H9F2N3O3S/c12-5-1-2-7(6(13)3-5)15-10(18)8-9(17)14-4-16(20)11(8)19/h1-3,14,16-17H,4H2,(H,15,18). The van der Waals surface area contributed by atoms with Gasteiger partial charge in [0.2, 0.25) is 11.5 Å². The zero-order valence-electron chi connectivity index (χ0n) is 9.87. The van der Waals surface area contributed by atoms with E-state index in [0.717, 1.165) is 12.1 Å². The smallest absolute Gasteiger partial charge is 0.339 e. The molecule has 6 nitrogen and oxygen atoms in total. The summed E-state index contributed by atoms with van der Waals surface area (Å²) in [5.74, 6) is -4.29. The number of quaternary nitrogens is 1. The molecule has 9 heteroatoms. The fourth-order valence-electron chi connectivity index (χ4n) is 1.57. The number of hydrogen-bond acceptors (Lipinski definition) is 5. The maximum atomic E-state index is 13.4. The van der Waals surface area contributed by atoms with Crippen LogP contribution in [0.4, 0.5) is 14.5 Å². The minimum atomic E-state index is -1.03. The van der Waals surface area contributed by atoms with E-state index in [4.69, 9.17) is 12.8 Å². The summed E-state index contributed by atoms with van der Waals surface area (Å²) in [5.41, 5.74) is -0.925. The zero-order chi connectivity index (χ0) is 14.9. The van der Waals surface area contributed by atoms with Crippen LogP contribution < -0.4 is 14.9 Å². The van der Waals surface area contributed by atoms with E-state index in [1.165, 1.54) is 0 Å². The number of halogens is 2. The summed E-state index contributed by atoms with van der Waals surface area (Å²) in [4.78, 5) is 23.6. The number of hydrogen-bond donors (Lipinski definition) is 4. The molecule has 20 heavy (non-hydrogen) atoms. The first-order valence-corrected chi connectivity index (χ1v) is 5.82. The van der Waals surface area contributed by atoms with Crippen LogP contribution >= 0.6 is 0 Å². The molecule has 2 amide bonds. The molecule has 1 unspecified atom stereocenters. The molecule has 0 saturated heterocycles. The second-order valence-electron chi connectivity index (χ2n) is 3.91. The lowest BCUT2D eigenvalue weighted by Crippen LogP contribution is -3.13. The van der Waals surface area contributed by atoms with Crippen molar-refractivity contribution >= 4 is 30.3 Å². The predicted octanol–water partition coefficient (Wildman–Crippen LogP) is -0.893. The molecule has 0 radical (unpaired) electrons. The molecule has 106 valence electrons. The first-order chi connectivity index (χ1) is 9.40. The lowest BCUT2D eigenvalue weighted by molar-refractivity contribution is -0.671. The maximum Gasteiger partial charge on any atom is 0.339 e. The number of amides is 2. The van der Waals surface area contributed by atoms with Crippen molar-refractivity contribution in [2.24, 2.45) is 0 Å². The largest absolute Gasteiger partial charge is 0.494 e. The van der Waals surface area contributed by atoms with Gasteiger partial charge in [-0.1, -0.05) is 0 Å². The highest BCUT2D eigenvalue weighted by Crippen LogP contribution is 2.16. The molecule has 1 atom stereocenters. The van der Waals surface area contributed by atoms with E-state index in [1.54, 1.807) is 0 Å². The average Bonchev–Trinajstić information content (AvgIpc) is 2.38. The van der Waals surface area contributed by atoms with Crippen molar-refractivity contribution in [3.63, 3.8) is 0 Å². The van der Waals surface area contributed by atoms with Gasteiger partial charge in [-0.05, 0) is 12.1 Å². The summed E-state index contributed by atoms with van der Waals surface area (Å²) in [7, 11) is 0. The maximum absolute atomic E-state index is 13.4. The molecular weight excluding hydrogens is 292 g/mol. The Morgan fingerprint density at radius 3 is 2.80 bits per heavy atom. The third-order valence-electron chi connectivity index (χ3n) is 2.54. The van der Waals surface area contributed by atoms with Crippen molar-refractivity contribution in [2.75, 3.05) is 12.0 Å². The van der Waals surface area contributed by atoms with Gasteiger partial charge in [0.05, 0.1) is 5.69 Å². The summed E-state index contributed by atoms with van der Waals surface area (Å²) in [6, 6.07) is 2.52. The van der Waals surface area contributed by atoms with Gasteiger partial charge in [0.25, 0.3) is 5.91 Å². The highest BCUT2D eigenvalue weighted by Gasteiger charge is 2.32. The van der Waals surface area contributed by atoms with Gasteiger partial charge in [-0.3, -0.25) is 4.79 Å². The second kappa shape index (κ2) is 5.47. The number of aliphatic hydroxyl groups excluding tert-OH is 1. The first-order valence-electron chi connectivity index (χ1n) is 5.41. The second-order valence-corrected chi connectivity index (χ2v) is 4.40. The van der Waals surface area contributed by atoms with Crippen molar-refractivity contribution in [3.8, 4) is 0 Å². The fraction of sp³-hybridized carbons (Fsp3) is 0.0909. The van der Waals surface area contributed by atoms with E-state index >= 15 is 0 Å². The van der Waals surface area contributed by atoms with Gasteiger partial charge in [-0.15, -0.1) is 0 Å². The van der Waals surface area contributed by atoms with E-state index in [9.17, 15) is 23.5 Å². The first kappa shape index (κ1) is 14.3. The molecule has 0 aliphatic carbocycles. The zero-order valence-corrected chi connectivity index (χ0v) is 10.7. The van der Waals surface area contributed by atoms with Gasteiger partial charge >= 0.3 is 5.91 Å². The monoisotopic (exact) mass is 301 g/mol. The van der Waals surface area contributed by atoms with Crippen LogP contribution in [-0.2, 0) is 22.4 Å². The SMILES string of the molecule is O=C(Nc1ccc(F)cc1F)C1=C(O)NC[NH+]([S-])C1=O. The third kappa shape index (κ3) is 2.73. The third-order valence-corrected chi connectivity index (χ3v) is 2.87. The molecule has 0 aromatic heterocycles. The topological polar surface area (TPSA) is 82.9 Å². The Bertz CT molecular complexity index is 621. The van der Waals surface area contributed by atoms with Gasteiger partial charge in [0, 0.05) is 6.07 Å². The lowest BCUT2D eigenvalue weighted by atomic mass is 10.2. The van der Waals surface area contributed by atoms with E-state index in [-0.39, 0.29) is 16.7 Å². The van der Waals surface area contributed by atoms with Crippen LogP contribution in [0.5, 0.6) is 0 Å². The van der Waals surface area contributed by atoms with E-state index in [1.807, 2.05) is 0 Å². The van der Waals surface area contributed by atoms with Crippen molar-refractivity contribution in [1.29, 1.82) is 0 Å². The van der Waals surface area contributed by atoms with E-state index in [2.05, 4.69) is 10.6 Å². The Morgan fingerprint density at radius 1 is 1.45 bits per heavy atom. The number of carbonyl (C=O) groups excluding carboxylic acids is 2. The van der Waals surface area contributed by atoms with Crippen molar-refractivity contribution in [1.82, 2.24) is 5.32 Å². The van der Waals surface area contributed by atoms with Crippen LogP contribution in [0.25, 0.3) is 0 Å². The van der Waals surface area contributed by atoms with E-state index < -0.39 is 34.9 Å². The van der Waals surface area contributed by atoms with Crippen LogP contribution in [-0.4, -0.2) is 23.6 Å². The van der Waals surface area contributed by atoms with Gasteiger partial charge < -0.3 is 32.9 Å². The number of carbonyl (C=O) groups is 2. The fourth-order valence-corrected chi connectivity index (χ4v) is 1.74. The quantitative estimate of drug-likeness (QED) is 0.421. The molecule has 4 N–H and O–H groups in total. The molecular formula is C11H9F2N3O3S. The van der Waals surface area contributed by atoms with Crippen LogP contribution in [0, 0.1) is 11.6 Å². The predicted molar refractivity (Wildman–Crippen MR) is 66.0 cm³/mol. The van der Waals surface area contributed by atoms with Gasteiger partial charge in [0.1, 0.15) is 18.3 Å². The molecule has 0 fully saturated rings. The Hall–Kier alpha value is -2.13. The van der Waals surface area contributed by atoms with Crippen molar-refractivity contribution in [3.05, 3.63) is 41.3 Å². The van der Waals surface area contributed by atoms with Crippen LogP contribution in [0.1, 0.15) is 0 Å². The number of aliphatic hydroxyl groups is 1.